The number of rotatable bonds is 4. The van der Waals surface area contributed by atoms with Gasteiger partial charge in [-0.3, -0.25) is 4.79 Å². The van der Waals surface area contributed by atoms with Crippen LogP contribution in [0.2, 0.25) is 0 Å². The summed E-state index contributed by atoms with van der Waals surface area (Å²) in [6, 6.07) is 11.2. The number of hydrazone groups is 1. The number of phenols is 1. The first-order chi connectivity index (χ1) is 11.5. The number of fused-ring (bicyclic) bond motifs is 1. The smallest absolute Gasteiger partial charge is 0.244 e. The largest absolute Gasteiger partial charge is 0.506 e. The molecule has 0 unspecified atom stereocenters. The second kappa shape index (κ2) is 7.19. The van der Waals surface area contributed by atoms with Crippen molar-refractivity contribution in [1.82, 2.24) is 10.4 Å². The van der Waals surface area contributed by atoms with Gasteiger partial charge in [-0.25, -0.2) is 5.43 Å². The number of hydrogen-bond donors (Lipinski definition) is 3. The monoisotopic (exact) mass is 449 g/mol. The highest BCUT2D eigenvalue weighted by Crippen LogP contribution is 2.30. The Hall–Kier alpha value is -2.12. The highest BCUT2D eigenvalue weighted by molar-refractivity contribution is 9.11. The van der Waals surface area contributed by atoms with Crippen LogP contribution in [-0.2, 0) is 11.2 Å². The van der Waals surface area contributed by atoms with E-state index in [0.717, 1.165) is 20.9 Å². The number of phenolic OH excluding ortho intramolecular Hbond substituents is 1. The van der Waals surface area contributed by atoms with Gasteiger partial charge in [0.25, 0.3) is 0 Å². The van der Waals surface area contributed by atoms with Crippen LogP contribution >= 0.6 is 31.9 Å². The van der Waals surface area contributed by atoms with Gasteiger partial charge in [0.2, 0.25) is 5.91 Å². The fourth-order valence-electron chi connectivity index (χ4n) is 2.35. The molecular weight excluding hydrogens is 438 g/mol. The van der Waals surface area contributed by atoms with Crippen molar-refractivity contribution in [2.75, 3.05) is 0 Å². The van der Waals surface area contributed by atoms with E-state index in [1.54, 1.807) is 12.1 Å². The molecule has 5 nitrogen and oxygen atoms in total. The van der Waals surface area contributed by atoms with Crippen LogP contribution in [-0.4, -0.2) is 22.2 Å². The molecule has 3 N–H and O–H groups in total. The molecule has 0 aliphatic carbocycles. The Morgan fingerprint density at radius 2 is 2.08 bits per heavy atom. The molecule has 3 aromatic rings. The van der Waals surface area contributed by atoms with E-state index in [2.05, 4.69) is 47.4 Å². The van der Waals surface area contributed by atoms with Gasteiger partial charge < -0.3 is 10.1 Å². The van der Waals surface area contributed by atoms with Crippen LogP contribution in [0.15, 0.2) is 56.6 Å². The predicted octanol–water partition coefficient (Wildman–Crippen LogP) is 4.09. The maximum atomic E-state index is 12.0. The number of aromatic hydroxyl groups is 1. The summed E-state index contributed by atoms with van der Waals surface area (Å²) in [5.74, 6) is -0.169. The Labute approximate surface area is 155 Å². The van der Waals surface area contributed by atoms with Crippen molar-refractivity contribution in [3.63, 3.8) is 0 Å². The highest BCUT2D eigenvalue weighted by Gasteiger charge is 2.08. The Kier molecular flexibility index (Phi) is 5.01. The van der Waals surface area contributed by atoms with Gasteiger partial charge in [0.1, 0.15) is 5.75 Å². The summed E-state index contributed by atoms with van der Waals surface area (Å²) in [5, 5.41) is 14.9. The number of carbonyl (C=O) groups excluding carboxylic acids is 1. The van der Waals surface area contributed by atoms with Crippen molar-refractivity contribution >= 4 is 54.9 Å². The number of hydrogen-bond acceptors (Lipinski definition) is 3. The quantitative estimate of drug-likeness (QED) is 0.413. The van der Waals surface area contributed by atoms with Crippen molar-refractivity contribution in [2.45, 2.75) is 6.42 Å². The summed E-state index contributed by atoms with van der Waals surface area (Å²) in [6.45, 7) is 0. The minimum atomic E-state index is -0.232. The van der Waals surface area contributed by atoms with Crippen molar-refractivity contribution in [3.05, 3.63) is 62.7 Å². The number of para-hydroxylation sites is 1. The number of amides is 1. The molecule has 1 aromatic heterocycles. The lowest BCUT2D eigenvalue weighted by atomic mass is 10.1. The van der Waals surface area contributed by atoms with Gasteiger partial charge in [-0.2, -0.15) is 5.10 Å². The van der Waals surface area contributed by atoms with Crippen LogP contribution in [0, 0.1) is 0 Å². The van der Waals surface area contributed by atoms with Crippen molar-refractivity contribution in [2.24, 2.45) is 5.10 Å². The van der Waals surface area contributed by atoms with Crippen LogP contribution in [0.25, 0.3) is 10.9 Å². The van der Waals surface area contributed by atoms with Crippen LogP contribution < -0.4 is 5.43 Å². The average Bonchev–Trinajstić information content (AvgIpc) is 2.95. The lowest BCUT2D eigenvalue weighted by Gasteiger charge is -2.03. The number of aromatic nitrogens is 1. The number of benzene rings is 2. The first kappa shape index (κ1) is 16.7. The van der Waals surface area contributed by atoms with E-state index in [-0.39, 0.29) is 18.1 Å². The van der Waals surface area contributed by atoms with Gasteiger partial charge in [-0.05, 0) is 39.7 Å². The molecule has 2 aromatic carbocycles. The zero-order chi connectivity index (χ0) is 17.1. The SMILES string of the molecule is O=C(Cc1c[nH]c2ccccc12)N/N=C\c1cc(Br)cc(Br)c1O. The van der Waals surface area contributed by atoms with E-state index in [1.807, 2.05) is 30.5 Å². The molecule has 0 aliphatic heterocycles. The van der Waals surface area contributed by atoms with Crippen molar-refractivity contribution < 1.29 is 9.90 Å². The number of carbonyl (C=O) groups is 1. The Bertz CT molecular complexity index is 935. The summed E-state index contributed by atoms with van der Waals surface area (Å²) < 4.78 is 1.34. The minimum absolute atomic E-state index is 0.0628. The van der Waals surface area contributed by atoms with Gasteiger partial charge in [-0.15, -0.1) is 0 Å². The summed E-state index contributed by atoms with van der Waals surface area (Å²) in [6.07, 6.45) is 3.44. The summed E-state index contributed by atoms with van der Waals surface area (Å²) in [7, 11) is 0. The lowest BCUT2D eigenvalue weighted by Crippen LogP contribution is -2.19. The van der Waals surface area contributed by atoms with Crippen LogP contribution in [0.1, 0.15) is 11.1 Å². The van der Waals surface area contributed by atoms with Gasteiger partial charge in [-0.1, -0.05) is 34.1 Å². The standard InChI is InChI=1S/C17H13Br2N3O2/c18-12-5-11(17(24)14(19)7-12)9-21-22-16(23)6-10-8-20-15-4-2-1-3-13(10)15/h1-5,7-9,20,24H,6H2,(H,22,23)/b21-9-. The topological polar surface area (TPSA) is 77.5 Å². The molecule has 3 rings (SSSR count). The fourth-order valence-corrected chi connectivity index (χ4v) is 3.61. The Morgan fingerprint density at radius 3 is 2.92 bits per heavy atom. The number of nitrogens with zero attached hydrogens (tertiary/aromatic N) is 1. The van der Waals surface area contributed by atoms with E-state index in [4.69, 9.17) is 0 Å². The normalized spacial score (nSPS) is 11.2. The number of H-pyrrole nitrogens is 1. The summed E-state index contributed by atoms with van der Waals surface area (Å²) in [5.41, 5.74) is 4.87. The third-order valence-corrected chi connectivity index (χ3v) is 4.54. The second-order valence-electron chi connectivity index (χ2n) is 5.15. The molecule has 122 valence electrons. The second-order valence-corrected chi connectivity index (χ2v) is 6.92. The maximum absolute atomic E-state index is 12.0. The molecular formula is C17H13Br2N3O2. The van der Waals surface area contributed by atoms with Crippen molar-refractivity contribution in [3.8, 4) is 5.75 Å². The van der Waals surface area contributed by atoms with E-state index in [9.17, 15) is 9.90 Å². The Balaban J connectivity index is 1.68. The molecule has 1 heterocycles. The van der Waals surface area contributed by atoms with Crippen LogP contribution in [0.3, 0.4) is 0 Å². The zero-order valence-corrected chi connectivity index (χ0v) is 15.6. The molecule has 0 saturated heterocycles. The van der Waals surface area contributed by atoms with Gasteiger partial charge in [0.15, 0.2) is 0 Å². The number of aromatic amines is 1. The highest BCUT2D eigenvalue weighted by atomic mass is 79.9. The zero-order valence-electron chi connectivity index (χ0n) is 12.4. The molecule has 0 spiro atoms. The van der Waals surface area contributed by atoms with Crippen molar-refractivity contribution in [1.29, 1.82) is 0 Å². The van der Waals surface area contributed by atoms with E-state index < -0.39 is 0 Å². The van der Waals surface area contributed by atoms with E-state index in [0.29, 0.717) is 10.0 Å². The number of nitrogens with one attached hydrogen (secondary N) is 2. The fraction of sp³-hybridized carbons (Fsp3) is 0.0588. The molecule has 0 bridgehead atoms. The molecule has 1 amide bonds. The molecule has 0 radical (unpaired) electrons. The van der Waals surface area contributed by atoms with Gasteiger partial charge in [0, 0.05) is 27.1 Å². The molecule has 0 fully saturated rings. The number of halogens is 2. The minimum Gasteiger partial charge on any atom is -0.506 e. The molecule has 0 atom stereocenters. The van der Waals surface area contributed by atoms with Gasteiger partial charge >= 0.3 is 0 Å². The van der Waals surface area contributed by atoms with E-state index in [1.165, 1.54) is 6.21 Å². The van der Waals surface area contributed by atoms with Crippen LogP contribution in [0.5, 0.6) is 5.75 Å². The summed E-state index contributed by atoms with van der Waals surface area (Å²) in [4.78, 5) is 15.2. The molecule has 0 saturated carbocycles. The van der Waals surface area contributed by atoms with Crippen LogP contribution in [0.4, 0.5) is 0 Å². The molecule has 7 heteroatoms. The third kappa shape index (κ3) is 3.68. The van der Waals surface area contributed by atoms with Gasteiger partial charge in [0.05, 0.1) is 17.1 Å². The Morgan fingerprint density at radius 1 is 1.29 bits per heavy atom. The maximum Gasteiger partial charge on any atom is 0.244 e. The summed E-state index contributed by atoms with van der Waals surface area (Å²) >= 11 is 6.59. The lowest BCUT2D eigenvalue weighted by molar-refractivity contribution is -0.120. The van der Waals surface area contributed by atoms with E-state index >= 15 is 0 Å². The molecule has 24 heavy (non-hydrogen) atoms. The average molecular weight is 451 g/mol. The first-order valence-corrected chi connectivity index (χ1v) is 8.68. The molecule has 0 aliphatic rings. The predicted molar refractivity (Wildman–Crippen MR) is 101 cm³/mol. The third-order valence-electron chi connectivity index (χ3n) is 3.48. The first-order valence-electron chi connectivity index (χ1n) is 7.09.